The van der Waals surface area contributed by atoms with Crippen molar-refractivity contribution in [1.82, 2.24) is 9.38 Å². The normalized spacial score (nSPS) is 10.8. The Labute approximate surface area is 152 Å². The topological polar surface area (TPSA) is 46.4 Å². The van der Waals surface area contributed by atoms with Gasteiger partial charge in [-0.05, 0) is 37.6 Å². The molecule has 0 fully saturated rings. The zero-order chi connectivity index (χ0) is 18.1. The highest BCUT2D eigenvalue weighted by molar-refractivity contribution is 6.05. The Balaban J connectivity index is 1.85. The standard InChI is InChI=1S/C22H19N3O/c1-15-8-11-17(12-9-15)20-21(24-22(26)18-6-4-3-5-7-18)25-14-16(2)10-13-19(25)23-20/h3-14H,1-2H3,(H,24,26). The Bertz CT molecular complexity index is 1080. The third kappa shape index (κ3) is 2.97. The van der Waals surface area contributed by atoms with Gasteiger partial charge >= 0.3 is 0 Å². The van der Waals surface area contributed by atoms with E-state index in [0.29, 0.717) is 11.4 Å². The molecule has 2 aromatic carbocycles. The van der Waals surface area contributed by atoms with Gasteiger partial charge in [-0.1, -0.05) is 54.1 Å². The van der Waals surface area contributed by atoms with Gasteiger partial charge in [-0.15, -0.1) is 0 Å². The Kier molecular flexibility index (Phi) is 4.01. The molecule has 0 saturated heterocycles. The second-order valence-electron chi connectivity index (χ2n) is 6.43. The van der Waals surface area contributed by atoms with Crippen molar-refractivity contribution in [3.63, 3.8) is 0 Å². The molecule has 0 atom stereocenters. The van der Waals surface area contributed by atoms with E-state index in [2.05, 4.69) is 12.2 Å². The number of nitrogens with zero attached hydrogens (tertiary/aromatic N) is 2. The number of carbonyl (C=O) groups is 1. The fraction of sp³-hybridized carbons (Fsp3) is 0.0909. The quantitative estimate of drug-likeness (QED) is 0.578. The first-order valence-electron chi connectivity index (χ1n) is 8.54. The summed E-state index contributed by atoms with van der Waals surface area (Å²) in [6, 6.07) is 21.3. The number of carbonyl (C=O) groups excluding carboxylic acids is 1. The Morgan fingerprint density at radius 3 is 2.31 bits per heavy atom. The number of hydrogen-bond acceptors (Lipinski definition) is 2. The SMILES string of the molecule is Cc1ccc(-c2nc3ccc(C)cn3c2NC(=O)c2ccccc2)cc1. The van der Waals surface area contributed by atoms with Crippen LogP contribution in [0, 0.1) is 13.8 Å². The first kappa shape index (κ1) is 16.1. The number of amides is 1. The largest absolute Gasteiger partial charge is 0.306 e. The number of anilines is 1. The lowest BCUT2D eigenvalue weighted by Crippen LogP contribution is -2.14. The number of rotatable bonds is 3. The number of aryl methyl sites for hydroxylation is 2. The van der Waals surface area contributed by atoms with Gasteiger partial charge in [0.05, 0.1) is 0 Å². The summed E-state index contributed by atoms with van der Waals surface area (Å²) in [4.78, 5) is 17.5. The van der Waals surface area contributed by atoms with Crippen molar-refractivity contribution in [1.29, 1.82) is 0 Å². The number of hydrogen-bond donors (Lipinski definition) is 1. The average molecular weight is 341 g/mol. The first-order chi connectivity index (χ1) is 12.6. The zero-order valence-corrected chi connectivity index (χ0v) is 14.7. The summed E-state index contributed by atoms with van der Waals surface area (Å²) in [7, 11) is 0. The third-order valence-corrected chi connectivity index (χ3v) is 4.36. The van der Waals surface area contributed by atoms with Crippen molar-refractivity contribution >= 4 is 17.4 Å². The van der Waals surface area contributed by atoms with Crippen molar-refractivity contribution in [3.05, 3.63) is 89.6 Å². The highest BCUT2D eigenvalue weighted by atomic mass is 16.1. The summed E-state index contributed by atoms with van der Waals surface area (Å²) in [5.74, 6) is 0.531. The van der Waals surface area contributed by atoms with E-state index in [-0.39, 0.29) is 5.91 Å². The van der Waals surface area contributed by atoms with Crippen LogP contribution in [-0.2, 0) is 0 Å². The van der Waals surface area contributed by atoms with E-state index < -0.39 is 0 Å². The maximum absolute atomic E-state index is 12.7. The molecule has 4 rings (SSSR count). The lowest BCUT2D eigenvalue weighted by atomic mass is 10.1. The van der Waals surface area contributed by atoms with Crippen molar-refractivity contribution in [2.24, 2.45) is 0 Å². The molecule has 0 unspecified atom stereocenters. The Morgan fingerprint density at radius 2 is 1.58 bits per heavy atom. The lowest BCUT2D eigenvalue weighted by Gasteiger charge is -2.08. The van der Waals surface area contributed by atoms with E-state index in [0.717, 1.165) is 22.5 Å². The lowest BCUT2D eigenvalue weighted by molar-refractivity contribution is 0.102. The number of fused-ring (bicyclic) bond motifs is 1. The van der Waals surface area contributed by atoms with Crippen LogP contribution in [0.4, 0.5) is 5.82 Å². The molecule has 0 saturated carbocycles. The van der Waals surface area contributed by atoms with E-state index in [1.807, 2.05) is 72.1 Å². The Morgan fingerprint density at radius 1 is 0.885 bits per heavy atom. The molecule has 0 bridgehead atoms. The molecular weight excluding hydrogens is 322 g/mol. The van der Waals surface area contributed by atoms with Crippen LogP contribution in [0.15, 0.2) is 72.9 Å². The molecule has 1 N–H and O–H groups in total. The van der Waals surface area contributed by atoms with Gasteiger partial charge in [-0.3, -0.25) is 9.20 Å². The third-order valence-electron chi connectivity index (χ3n) is 4.36. The van der Waals surface area contributed by atoms with Gasteiger partial charge in [0.15, 0.2) is 0 Å². The van der Waals surface area contributed by atoms with Gasteiger partial charge in [-0.2, -0.15) is 0 Å². The van der Waals surface area contributed by atoms with Crippen molar-refractivity contribution in [2.75, 3.05) is 5.32 Å². The fourth-order valence-corrected chi connectivity index (χ4v) is 2.95. The van der Waals surface area contributed by atoms with Gasteiger partial charge in [0.1, 0.15) is 17.2 Å². The predicted molar refractivity (Wildman–Crippen MR) is 104 cm³/mol. The summed E-state index contributed by atoms with van der Waals surface area (Å²) in [5, 5.41) is 3.05. The second kappa shape index (κ2) is 6.48. The van der Waals surface area contributed by atoms with E-state index in [1.54, 1.807) is 12.1 Å². The minimum atomic E-state index is -0.151. The molecule has 4 heteroatoms. The van der Waals surface area contributed by atoms with E-state index in [4.69, 9.17) is 4.98 Å². The summed E-state index contributed by atoms with van der Waals surface area (Å²) < 4.78 is 1.94. The molecule has 0 spiro atoms. The van der Waals surface area contributed by atoms with Gasteiger partial charge in [0.2, 0.25) is 0 Å². The van der Waals surface area contributed by atoms with Gasteiger partial charge in [0, 0.05) is 17.3 Å². The van der Waals surface area contributed by atoms with Crippen LogP contribution in [0.25, 0.3) is 16.9 Å². The maximum atomic E-state index is 12.7. The van der Waals surface area contributed by atoms with Gasteiger partial charge < -0.3 is 5.32 Å². The average Bonchev–Trinajstić information content (AvgIpc) is 3.01. The molecule has 4 nitrogen and oxygen atoms in total. The van der Waals surface area contributed by atoms with Crippen LogP contribution in [0.5, 0.6) is 0 Å². The van der Waals surface area contributed by atoms with Gasteiger partial charge in [0.25, 0.3) is 5.91 Å². The van der Waals surface area contributed by atoms with E-state index >= 15 is 0 Å². The van der Waals surface area contributed by atoms with Crippen LogP contribution in [0.2, 0.25) is 0 Å². The second-order valence-corrected chi connectivity index (χ2v) is 6.43. The fourth-order valence-electron chi connectivity index (χ4n) is 2.95. The molecule has 0 aliphatic carbocycles. The van der Waals surface area contributed by atoms with E-state index in [9.17, 15) is 4.79 Å². The number of nitrogens with one attached hydrogen (secondary N) is 1. The molecular formula is C22H19N3O. The summed E-state index contributed by atoms with van der Waals surface area (Å²) in [5.41, 5.74) is 5.43. The highest BCUT2D eigenvalue weighted by Gasteiger charge is 2.17. The monoisotopic (exact) mass is 341 g/mol. The van der Waals surface area contributed by atoms with E-state index in [1.165, 1.54) is 5.56 Å². The van der Waals surface area contributed by atoms with Crippen LogP contribution in [-0.4, -0.2) is 15.3 Å². The molecule has 26 heavy (non-hydrogen) atoms. The smallest absolute Gasteiger partial charge is 0.256 e. The molecule has 0 aliphatic heterocycles. The summed E-state index contributed by atoms with van der Waals surface area (Å²) in [6.45, 7) is 4.07. The minimum Gasteiger partial charge on any atom is -0.306 e. The van der Waals surface area contributed by atoms with Crippen molar-refractivity contribution in [3.8, 4) is 11.3 Å². The number of benzene rings is 2. The number of aromatic nitrogens is 2. The highest BCUT2D eigenvalue weighted by Crippen LogP contribution is 2.29. The molecule has 0 aliphatic rings. The van der Waals surface area contributed by atoms with Crippen LogP contribution >= 0.6 is 0 Å². The molecule has 4 aromatic rings. The molecule has 2 heterocycles. The predicted octanol–water partition coefficient (Wildman–Crippen LogP) is 4.87. The van der Waals surface area contributed by atoms with Crippen LogP contribution in [0.1, 0.15) is 21.5 Å². The molecule has 1 amide bonds. The van der Waals surface area contributed by atoms with Crippen molar-refractivity contribution in [2.45, 2.75) is 13.8 Å². The first-order valence-corrected chi connectivity index (χ1v) is 8.54. The minimum absolute atomic E-state index is 0.151. The zero-order valence-electron chi connectivity index (χ0n) is 14.7. The Hall–Kier alpha value is -3.40. The van der Waals surface area contributed by atoms with Crippen LogP contribution in [0.3, 0.4) is 0 Å². The van der Waals surface area contributed by atoms with Gasteiger partial charge in [-0.25, -0.2) is 4.98 Å². The van der Waals surface area contributed by atoms with Crippen LogP contribution < -0.4 is 5.32 Å². The maximum Gasteiger partial charge on any atom is 0.256 e. The summed E-state index contributed by atoms with van der Waals surface area (Å²) >= 11 is 0. The molecule has 2 aromatic heterocycles. The van der Waals surface area contributed by atoms with Crippen molar-refractivity contribution < 1.29 is 4.79 Å². The number of pyridine rings is 1. The summed E-state index contributed by atoms with van der Waals surface area (Å²) in [6.07, 6.45) is 1.99. The molecule has 0 radical (unpaired) electrons. The molecule has 128 valence electrons. The number of imidazole rings is 1.